The maximum Gasteiger partial charge on any atom is 0.308 e. The van der Waals surface area contributed by atoms with Crippen molar-refractivity contribution in [2.75, 3.05) is 25.2 Å². The molecule has 0 aliphatic rings. The molecule has 1 unspecified atom stereocenters. The molecule has 0 saturated heterocycles. The minimum Gasteiger partial charge on any atom is -0.481 e. The SMILES string of the molecule is COCC(=O)N(CC(C)C(=O)O)c1cccc(Cl)c1C. The Morgan fingerprint density at radius 1 is 1.45 bits per heavy atom. The second-order valence-corrected chi connectivity index (χ2v) is 4.97. The molecule has 6 heteroatoms. The molecule has 1 amide bonds. The monoisotopic (exact) mass is 299 g/mol. The van der Waals surface area contributed by atoms with E-state index >= 15 is 0 Å². The van der Waals surface area contributed by atoms with Crippen molar-refractivity contribution in [2.24, 2.45) is 5.92 Å². The van der Waals surface area contributed by atoms with Crippen LogP contribution in [0.15, 0.2) is 18.2 Å². The Hall–Kier alpha value is -1.59. The maximum atomic E-state index is 12.1. The Labute approximate surface area is 123 Å². The molecule has 5 nitrogen and oxygen atoms in total. The van der Waals surface area contributed by atoms with E-state index < -0.39 is 11.9 Å². The number of carboxylic acid groups (broad SMARTS) is 1. The Balaban J connectivity index is 3.12. The zero-order valence-corrected chi connectivity index (χ0v) is 12.5. The van der Waals surface area contributed by atoms with Crippen molar-refractivity contribution in [3.8, 4) is 0 Å². The fraction of sp³-hybridized carbons (Fsp3) is 0.429. The first-order valence-electron chi connectivity index (χ1n) is 6.15. The average Bonchev–Trinajstić information content (AvgIpc) is 2.39. The minimum absolute atomic E-state index is 0.0682. The highest BCUT2D eigenvalue weighted by Crippen LogP contribution is 2.27. The molecule has 1 atom stereocenters. The maximum absolute atomic E-state index is 12.1. The molecule has 0 aromatic heterocycles. The summed E-state index contributed by atoms with van der Waals surface area (Å²) in [6.07, 6.45) is 0. The van der Waals surface area contributed by atoms with E-state index in [-0.39, 0.29) is 19.1 Å². The number of aliphatic carboxylic acids is 1. The number of benzene rings is 1. The molecule has 1 N–H and O–H groups in total. The fourth-order valence-electron chi connectivity index (χ4n) is 1.78. The van der Waals surface area contributed by atoms with Gasteiger partial charge in [0.15, 0.2) is 0 Å². The fourth-order valence-corrected chi connectivity index (χ4v) is 1.95. The molecule has 0 bridgehead atoms. The summed E-state index contributed by atoms with van der Waals surface area (Å²) < 4.78 is 4.85. The summed E-state index contributed by atoms with van der Waals surface area (Å²) in [4.78, 5) is 24.5. The van der Waals surface area contributed by atoms with Crippen LogP contribution >= 0.6 is 11.6 Å². The van der Waals surface area contributed by atoms with Gasteiger partial charge >= 0.3 is 5.97 Å². The molecule has 1 aromatic rings. The van der Waals surface area contributed by atoms with Gasteiger partial charge in [-0.3, -0.25) is 9.59 Å². The van der Waals surface area contributed by atoms with E-state index in [1.165, 1.54) is 12.0 Å². The van der Waals surface area contributed by atoms with Crippen molar-refractivity contribution in [2.45, 2.75) is 13.8 Å². The smallest absolute Gasteiger partial charge is 0.308 e. The molecule has 0 radical (unpaired) electrons. The van der Waals surface area contributed by atoms with Gasteiger partial charge in [-0.2, -0.15) is 0 Å². The number of methoxy groups -OCH3 is 1. The topological polar surface area (TPSA) is 66.8 Å². The van der Waals surface area contributed by atoms with Crippen LogP contribution in [0.2, 0.25) is 5.02 Å². The first-order valence-corrected chi connectivity index (χ1v) is 6.53. The molecule has 0 saturated carbocycles. The van der Waals surface area contributed by atoms with Gasteiger partial charge in [-0.05, 0) is 24.6 Å². The molecule has 1 rings (SSSR count). The normalized spacial score (nSPS) is 12.0. The highest BCUT2D eigenvalue weighted by Gasteiger charge is 2.23. The number of carbonyl (C=O) groups excluding carboxylic acids is 1. The lowest BCUT2D eigenvalue weighted by Gasteiger charge is -2.26. The van der Waals surface area contributed by atoms with Crippen molar-refractivity contribution in [3.63, 3.8) is 0 Å². The quantitative estimate of drug-likeness (QED) is 0.875. The van der Waals surface area contributed by atoms with Gasteiger partial charge in [0.05, 0.1) is 5.92 Å². The lowest BCUT2D eigenvalue weighted by molar-refractivity contribution is -0.140. The summed E-state index contributed by atoms with van der Waals surface area (Å²) >= 11 is 6.05. The predicted molar refractivity (Wildman–Crippen MR) is 77.2 cm³/mol. The third kappa shape index (κ3) is 3.95. The summed E-state index contributed by atoms with van der Waals surface area (Å²) in [6, 6.07) is 5.19. The summed E-state index contributed by atoms with van der Waals surface area (Å²) in [5.41, 5.74) is 1.34. The van der Waals surface area contributed by atoms with Crippen LogP contribution < -0.4 is 4.90 Å². The molecule has 1 aromatic carbocycles. The zero-order chi connectivity index (χ0) is 15.3. The van der Waals surface area contributed by atoms with Gasteiger partial charge in [0.1, 0.15) is 6.61 Å². The molecule has 20 heavy (non-hydrogen) atoms. The number of halogens is 1. The van der Waals surface area contributed by atoms with Crippen molar-refractivity contribution < 1.29 is 19.4 Å². The number of rotatable bonds is 6. The standard InChI is InChI=1S/C14H18ClNO4/c1-9(14(18)19)7-16(13(17)8-20-3)12-6-4-5-11(15)10(12)2/h4-6,9H,7-8H2,1-3H3,(H,18,19). The average molecular weight is 300 g/mol. The van der Waals surface area contributed by atoms with Crippen molar-refractivity contribution >= 4 is 29.2 Å². The molecule has 0 spiro atoms. The second kappa shape index (κ2) is 7.26. The van der Waals surface area contributed by atoms with Gasteiger partial charge in [-0.1, -0.05) is 24.6 Å². The number of carbonyl (C=O) groups is 2. The Kier molecular flexibility index (Phi) is 5.98. The highest BCUT2D eigenvalue weighted by atomic mass is 35.5. The van der Waals surface area contributed by atoms with Crippen LogP contribution in [0.3, 0.4) is 0 Å². The van der Waals surface area contributed by atoms with Gasteiger partial charge in [-0.15, -0.1) is 0 Å². The minimum atomic E-state index is -0.958. The lowest BCUT2D eigenvalue weighted by atomic mass is 10.1. The van der Waals surface area contributed by atoms with Crippen LogP contribution in [0.4, 0.5) is 5.69 Å². The van der Waals surface area contributed by atoms with E-state index in [0.29, 0.717) is 10.7 Å². The third-order valence-electron chi connectivity index (χ3n) is 2.98. The van der Waals surface area contributed by atoms with Gasteiger partial charge in [0.2, 0.25) is 0 Å². The first-order chi connectivity index (χ1) is 9.38. The number of hydrogen-bond acceptors (Lipinski definition) is 3. The number of amides is 1. The van der Waals surface area contributed by atoms with Gasteiger partial charge < -0.3 is 14.7 Å². The second-order valence-electron chi connectivity index (χ2n) is 4.56. The molecule has 0 heterocycles. The van der Waals surface area contributed by atoms with Crippen LogP contribution in [-0.2, 0) is 14.3 Å². The van der Waals surface area contributed by atoms with Crippen molar-refractivity contribution in [1.29, 1.82) is 0 Å². The molecule has 0 aliphatic carbocycles. The van der Waals surface area contributed by atoms with Crippen molar-refractivity contribution in [3.05, 3.63) is 28.8 Å². The largest absolute Gasteiger partial charge is 0.481 e. The lowest BCUT2D eigenvalue weighted by Crippen LogP contribution is -2.39. The van der Waals surface area contributed by atoms with Crippen LogP contribution in [0, 0.1) is 12.8 Å². The first kappa shape index (κ1) is 16.5. The summed E-state index contributed by atoms with van der Waals surface area (Å²) in [7, 11) is 1.42. The summed E-state index contributed by atoms with van der Waals surface area (Å²) in [5, 5.41) is 9.55. The number of anilines is 1. The Morgan fingerprint density at radius 3 is 2.65 bits per heavy atom. The van der Waals surface area contributed by atoms with Gasteiger partial charge in [0, 0.05) is 24.4 Å². The Bertz CT molecular complexity index is 504. The third-order valence-corrected chi connectivity index (χ3v) is 3.39. The van der Waals surface area contributed by atoms with Gasteiger partial charge in [0.25, 0.3) is 5.91 Å². The van der Waals surface area contributed by atoms with Crippen LogP contribution in [0.25, 0.3) is 0 Å². The number of hydrogen-bond donors (Lipinski definition) is 1. The summed E-state index contributed by atoms with van der Waals surface area (Å²) in [6.45, 7) is 3.29. The molecule has 110 valence electrons. The van der Waals surface area contributed by atoms with E-state index in [4.69, 9.17) is 21.4 Å². The Morgan fingerprint density at radius 2 is 2.10 bits per heavy atom. The predicted octanol–water partition coefficient (Wildman–Crippen LogP) is 2.35. The van der Waals surface area contributed by atoms with Gasteiger partial charge in [-0.25, -0.2) is 0 Å². The van der Waals surface area contributed by atoms with Crippen LogP contribution in [0.1, 0.15) is 12.5 Å². The molecular weight excluding hydrogens is 282 g/mol. The molecule has 0 fully saturated rings. The van der Waals surface area contributed by atoms with Crippen molar-refractivity contribution in [1.82, 2.24) is 0 Å². The highest BCUT2D eigenvalue weighted by molar-refractivity contribution is 6.31. The van der Waals surface area contributed by atoms with E-state index in [1.807, 2.05) is 0 Å². The number of nitrogens with zero attached hydrogens (tertiary/aromatic N) is 1. The van der Waals surface area contributed by atoms with E-state index in [9.17, 15) is 9.59 Å². The van der Waals surface area contributed by atoms with E-state index in [2.05, 4.69) is 0 Å². The zero-order valence-electron chi connectivity index (χ0n) is 11.7. The van der Waals surface area contributed by atoms with E-state index in [1.54, 1.807) is 32.0 Å². The molecule has 0 aliphatic heterocycles. The number of carboxylic acids is 1. The summed E-state index contributed by atoms with van der Waals surface area (Å²) in [5.74, 6) is -1.94. The van der Waals surface area contributed by atoms with Crippen LogP contribution in [0.5, 0.6) is 0 Å². The van der Waals surface area contributed by atoms with E-state index in [0.717, 1.165) is 5.56 Å². The number of ether oxygens (including phenoxy) is 1. The molecular formula is C14H18ClNO4. The van der Waals surface area contributed by atoms with Crippen LogP contribution in [-0.4, -0.2) is 37.2 Å².